The van der Waals surface area contributed by atoms with Gasteiger partial charge in [0.1, 0.15) is 5.75 Å². The number of para-hydroxylation sites is 3. The number of rotatable bonds is 9. The Kier molecular flexibility index (Phi) is 26.7. The molecular weight excluding hydrogens is 895 g/mol. The maximum absolute atomic E-state index is 12.6. The van der Waals surface area contributed by atoms with Crippen LogP contribution >= 0.6 is 0 Å². The number of piperidine rings is 4. The smallest absolute Gasteiger partial charge is 0.292 e. The highest BCUT2D eigenvalue weighted by atomic mass is 16.5. The van der Waals surface area contributed by atoms with Crippen molar-refractivity contribution in [2.24, 2.45) is 11.8 Å². The average Bonchev–Trinajstić information content (AvgIpc) is 4.01. The number of hydrogen-bond acceptors (Lipinski definition) is 10. The molecule has 2 spiro atoms. The first kappa shape index (κ1) is 59.6. The van der Waals surface area contributed by atoms with Gasteiger partial charge in [-0.2, -0.15) is 0 Å². The number of nitriles is 1. The Morgan fingerprint density at radius 1 is 0.597 bits per heavy atom. The highest BCUT2D eigenvalue weighted by molar-refractivity contribution is 5.78. The van der Waals surface area contributed by atoms with E-state index >= 15 is 0 Å². The third kappa shape index (κ3) is 16.8. The van der Waals surface area contributed by atoms with Gasteiger partial charge in [-0.1, -0.05) is 140 Å². The van der Waals surface area contributed by atoms with Gasteiger partial charge in [0, 0.05) is 61.5 Å². The van der Waals surface area contributed by atoms with Crippen molar-refractivity contribution >= 4 is 17.3 Å². The van der Waals surface area contributed by atoms with Crippen LogP contribution in [0.3, 0.4) is 0 Å². The first-order valence-corrected chi connectivity index (χ1v) is 27.9. The lowest BCUT2D eigenvalue weighted by Crippen LogP contribution is -2.48. The number of nitrogens with zero attached hydrogens (tertiary/aromatic N) is 4. The molecule has 1 amide bonds. The Labute approximate surface area is 435 Å². The first-order valence-electron chi connectivity index (χ1n) is 27.9. The number of likely N-dealkylation sites (tertiary alicyclic amines) is 3. The number of carbonyl (C=O) groups excluding carboxylic acids is 1. The number of aliphatic hydroxyl groups is 2. The van der Waals surface area contributed by atoms with Crippen molar-refractivity contribution in [2.45, 2.75) is 136 Å². The Morgan fingerprint density at radius 3 is 1.44 bits per heavy atom. The molecule has 4 fully saturated rings. The zero-order valence-electron chi connectivity index (χ0n) is 45.6. The summed E-state index contributed by atoms with van der Waals surface area (Å²) >= 11 is 0. The molecule has 6 aliphatic rings. The summed E-state index contributed by atoms with van der Waals surface area (Å²) in [5.74, 6) is 1.57. The molecule has 0 saturated carbocycles. The van der Waals surface area contributed by atoms with Crippen LogP contribution in [0.1, 0.15) is 123 Å². The fraction of sp³-hybridized carbons (Fsp3) is 0.574. The second kappa shape index (κ2) is 32.3. The second-order valence-corrected chi connectivity index (χ2v) is 19.1. The van der Waals surface area contributed by atoms with Gasteiger partial charge in [0.05, 0.1) is 18.6 Å². The normalized spacial score (nSPS) is 19.3. The maximum Gasteiger partial charge on any atom is 0.292 e. The van der Waals surface area contributed by atoms with Crippen LogP contribution in [0.2, 0.25) is 0 Å². The standard InChI is InChI=1S/C27H35N3O2.C19H29N3O.C7H5NO.4C2H6/c31-25(22-10-14-30(15-11-22)26(32)18-21-6-2-1-3-7-21)19-29-16-12-27(13-17-29)20-28-24-9-5-4-8-23(24)27;23-18(15-5-9-20-10-6-15)13-22-11-7-19(8-12-22)14-21-17-4-2-1-3-16(17)19;8-6-9-7-4-2-1-3-5-7;4*1-2/h1-9,22,25,28,31H,10-20H2;1-4,15,18,20-21,23H,5-14H2;1-5H;4*1-2H3. The van der Waals surface area contributed by atoms with Crippen molar-refractivity contribution in [3.8, 4) is 12.0 Å². The highest BCUT2D eigenvalue weighted by Gasteiger charge is 2.43. The summed E-state index contributed by atoms with van der Waals surface area (Å²) in [6.45, 7) is 27.7. The number of amides is 1. The molecule has 4 saturated heterocycles. The van der Waals surface area contributed by atoms with E-state index in [9.17, 15) is 15.0 Å². The number of anilines is 2. The summed E-state index contributed by atoms with van der Waals surface area (Å²) in [4.78, 5) is 19.5. The van der Waals surface area contributed by atoms with Crippen molar-refractivity contribution in [2.75, 3.05) is 89.2 Å². The summed E-state index contributed by atoms with van der Waals surface area (Å²) in [5.41, 5.74) is 7.29. The predicted molar refractivity (Wildman–Crippen MR) is 300 cm³/mol. The van der Waals surface area contributed by atoms with E-state index in [1.165, 1.54) is 35.3 Å². The zero-order chi connectivity index (χ0) is 52.2. The Hall–Kier alpha value is -4.96. The number of ether oxygens (including phenoxy) is 1. The van der Waals surface area contributed by atoms with Crippen LogP contribution in [0, 0.1) is 23.4 Å². The zero-order valence-corrected chi connectivity index (χ0v) is 45.6. The van der Waals surface area contributed by atoms with E-state index in [1.54, 1.807) is 18.4 Å². The van der Waals surface area contributed by atoms with Crippen LogP contribution < -0.4 is 20.7 Å². The summed E-state index contributed by atoms with van der Waals surface area (Å²) in [7, 11) is 0. The van der Waals surface area contributed by atoms with E-state index in [0.717, 1.165) is 123 Å². The SMILES string of the molecule is CC.CC.CC.CC.N#COc1ccccc1.O=C(Cc1ccccc1)N1CCC(C(O)CN2CCC3(CC2)CNc2ccccc23)CC1.OC(CN1CCC2(CC1)CNc1ccccc12)C1CCNCC1. The molecule has 0 radical (unpaired) electrons. The number of benzene rings is 4. The molecular formula is C61H93N7O4. The third-order valence-corrected chi connectivity index (χ3v) is 15.2. The molecule has 11 heteroatoms. The van der Waals surface area contributed by atoms with Gasteiger partial charge < -0.3 is 45.6 Å². The van der Waals surface area contributed by atoms with Crippen LogP contribution in [-0.2, 0) is 22.0 Å². The molecule has 6 heterocycles. The molecule has 72 heavy (non-hydrogen) atoms. The van der Waals surface area contributed by atoms with Gasteiger partial charge in [-0.3, -0.25) is 4.79 Å². The van der Waals surface area contributed by atoms with Crippen LogP contribution in [0.4, 0.5) is 11.4 Å². The van der Waals surface area contributed by atoms with E-state index in [2.05, 4.69) is 79.0 Å². The fourth-order valence-electron chi connectivity index (χ4n) is 11.2. The monoisotopic (exact) mass is 988 g/mol. The predicted octanol–water partition coefficient (Wildman–Crippen LogP) is 10.7. The Morgan fingerprint density at radius 2 is 1.00 bits per heavy atom. The molecule has 0 bridgehead atoms. The lowest BCUT2D eigenvalue weighted by atomic mass is 9.74. The summed E-state index contributed by atoms with van der Waals surface area (Å²) < 4.78 is 4.51. The molecule has 2 unspecified atom stereocenters. The maximum atomic E-state index is 12.6. The van der Waals surface area contributed by atoms with Gasteiger partial charge in [0.25, 0.3) is 6.26 Å². The molecule has 11 nitrogen and oxygen atoms in total. The minimum Gasteiger partial charge on any atom is -0.392 e. The summed E-state index contributed by atoms with van der Waals surface area (Å²) in [6.07, 6.45) is 10.4. The van der Waals surface area contributed by atoms with E-state index in [-0.39, 0.29) is 23.5 Å². The van der Waals surface area contributed by atoms with Gasteiger partial charge in [0.2, 0.25) is 5.91 Å². The van der Waals surface area contributed by atoms with Gasteiger partial charge in [-0.05, 0) is 143 Å². The van der Waals surface area contributed by atoms with Crippen LogP contribution in [-0.4, -0.2) is 122 Å². The molecule has 0 aromatic heterocycles. The average molecular weight is 988 g/mol. The van der Waals surface area contributed by atoms with Crippen molar-refractivity contribution in [1.82, 2.24) is 20.0 Å². The third-order valence-electron chi connectivity index (χ3n) is 15.2. The van der Waals surface area contributed by atoms with E-state index in [4.69, 9.17) is 5.26 Å². The molecule has 0 aliphatic carbocycles. The highest BCUT2D eigenvalue weighted by Crippen LogP contribution is 2.45. The van der Waals surface area contributed by atoms with Crippen LogP contribution in [0.5, 0.6) is 5.75 Å². The number of nitrogens with one attached hydrogen (secondary N) is 3. The number of fused-ring (bicyclic) bond motifs is 4. The number of hydrogen-bond donors (Lipinski definition) is 5. The Balaban J connectivity index is 0.000000245. The van der Waals surface area contributed by atoms with Gasteiger partial charge in [0.15, 0.2) is 0 Å². The minimum atomic E-state index is -0.301. The molecule has 5 N–H and O–H groups in total. The molecule has 4 aromatic rings. The van der Waals surface area contributed by atoms with Gasteiger partial charge >= 0.3 is 0 Å². The van der Waals surface area contributed by atoms with Crippen molar-refractivity contribution in [3.05, 3.63) is 126 Å². The lowest BCUT2D eigenvalue weighted by Gasteiger charge is -2.41. The molecule has 396 valence electrons. The van der Waals surface area contributed by atoms with E-state index in [0.29, 0.717) is 29.4 Å². The van der Waals surface area contributed by atoms with Crippen molar-refractivity contribution < 1.29 is 19.7 Å². The number of β-amino-alcohol motifs (C(OH)–C–C–N with tert-alkyl or cyclic N) is 2. The topological polar surface area (TPSA) is 136 Å². The summed E-state index contributed by atoms with van der Waals surface area (Å²) in [6, 6.07) is 36.4. The minimum absolute atomic E-state index is 0.153. The van der Waals surface area contributed by atoms with Crippen LogP contribution in [0.15, 0.2) is 109 Å². The quantitative estimate of drug-likeness (QED) is 0.103. The second-order valence-electron chi connectivity index (χ2n) is 19.1. The van der Waals surface area contributed by atoms with E-state index in [1.807, 2.05) is 109 Å². The molecule has 2 atom stereocenters. The molecule has 4 aromatic carbocycles. The number of carbonyl (C=O) groups is 1. The Bertz CT molecular complexity index is 2100. The van der Waals surface area contributed by atoms with Crippen molar-refractivity contribution in [1.29, 1.82) is 5.26 Å². The largest absolute Gasteiger partial charge is 0.392 e. The summed E-state index contributed by atoms with van der Waals surface area (Å²) in [5, 5.41) is 40.1. The van der Waals surface area contributed by atoms with Crippen LogP contribution in [0.25, 0.3) is 0 Å². The first-order chi connectivity index (χ1) is 35.3. The van der Waals surface area contributed by atoms with Crippen molar-refractivity contribution in [3.63, 3.8) is 0 Å². The fourth-order valence-corrected chi connectivity index (χ4v) is 11.2. The number of aliphatic hydroxyl groups excluding tert-OH is 2. The molecule has 6 aliphatic heterocycles. The van der Waals surface area contributed by atoms with Gasteiger partial charge in [-0.15, -0.1) is 5.26 Å². The van der Waals surface area contributed by atoms with E-state index < -0.39 is 0 Å². The van der Waals surface area contributed by atoms with Gasteiger partial charge in [-0.25, -0.2) is 0 Å². The molecule has 10 rings (SSSR count). The lowest BCUT2D eigenvalue weighted by molar-refractivity contribution is -0.132.